The smallest absolute Gasteiger partial charge is 0.271 e. The number of nitro benzene ring substituents is 1. The van der Waals surface area contributed by atoms with Crippen molar-refractivity contribution in [1.29, 1.82) is 0 Å². The van der Waals surface area contributed by atoms with E-state index in [2.05, 4.69) is 5.32 Å². The molecule has 0 saturated carbocycles. The molecule has 0 unspecified atom stereocenters. The Morgan fingerprint density at radius 2 is 1.82 bits per heavy atom. The number of hydrogen-bond acceptors (Lipinski definition) is 6. The van der Waals surface area contributed by atoms with Crippen molar-refractivity contribution in [1.82, 2.24) is 0 Å². The van der Waals surface area contributed by atoms with Crippen molar-refractivity contribution in [3.05, 3.63) is 58.1 Å². The van der Waals surface area contributed by atoms with Crippen molar-refractivity contribution >= 4 is 33.0 Å². The maximum Gasteiger partial charge on any atom is 0.271 e. The van der Waals surface area contributed by atoms with Crippen LogP contribution in [0.4, 0.5) is 17.1 Å². The number of carbonyl (C=O) groups is 1. The Kier molecular flexibility index (Phi) is 6.24. The Morgan fingerprint density at radius 1 is 1.21 bits per heavy atom. The van der Waals surface area contributed by atoms with Crippen molar-refractivity contribution in [2.24, 2.45) is 0 Å². The maximum atomic E-state index is 12.7. The monoisotopic (exact) mass is 407 g/mol. The molecule has 2 rings (SSSR count). The molecule has 28 heavy (non-hydrogen) atoms. The molecule has 0 heterocycles. The van der Waals surface area contributed by atoms with Gasteiger partial charge in [-0.25, -0.2) is 8.42 Å². The van der Waals surface area contributed by atoms with Crippen LogP contribution in [0.2, 0.25) is 0 Å². The molecule has 0 saturated heterocycles. The van der Waals surface area contributed by atoms with Gasteiger partial charge >= 0.3 is 0 Å². The summed E-state index contributed by atoms with van der Waals surface area (Å²) in [6.45, 7) is 3.29. The molecule has 1 amide bonds. The molecule has 0 aliphatic heterocycles. The number of ether oxygens (including phenoxy) is 1. The number of carbonyl (C=O) groups excluding carboxylic acids is 1. The van der Waals surface area contributed by atoms with E-state index in [1.165, 1.54) is 26.2 Å². The second-order valence-corrected chi connectivity index (χ2v) is 8.06. The highest BCUT2D eigenvalue weighted by atomic mass is 32.2. The highest BCUT2D eigenvalue weighted by Gasteiger charge is 2.29. The van der Waals surface area contributed by atoms with Crippen LogP contribution in [-0.2, 0) is 14.8 Å². The van der Waals surface area contributed by atoms with E-state index in [4.69, 9.17) is 4.74 Å². The molecule has 0 aliphatic rings. The number of hydrogen-bond donors (Lipinski definition) is 1. The van der Waals surface area contributed by atoms with Crippen molar-refractivity contribution in [3.63, 3.8) is 0 Å². The minimum absolute atomic E-state index is 0.0749. The van der Waals surface area contributed by atoms with Crippen LogP contribution in [0, 0.1) is 17.0 Å². The zero-order chi connectivity index (χ0) is 21.1. The summed E-state index contributed by atoms with van der Waals surface area (Å²) in [5.41, 5.74) is 1.12. The van der Waals surface area contributed by atoms with Crippen LogP contribution in [0.3, 0.4) is 0 Å². The third-order valence-corrected chi connectivity index (χ3v) is 5.27. The molecular formula is C18H21N3O6S. The molecule has 0 aliphatic carbocycles. The summed E-state index contributed by atoms with van der Waals surface area (Å²) >= 11 is 0. The normalized spacial score (nSPS) is 12.1. The SMILES string of the molecule is COc1ccc([N+](=O)[O-])cc1NC(=O)[C@H](C)N(c1ccc(C)cc1)S(C)(=O)=O. The first kappa shape index (κ1) is 21.2. The zero-order valence-electron chi connectivity index (χ0n) is 15.9. The molecule has 150 valence electrons. The van der Waals surface area contributed by atoms with Gasteiger partial charge in [0.25, 0.3) is 5.69 Å². The summed E-state index contributed by atoms with van der Waals surface area (Å²) in [6, 6.07) is 9.33. The minimum atomic E-state index is -3.77. The molecule has 0 radical (unpaired) electrons. The molecule has 0 spiro atoms. The zero-order valence-corrected chi connectivity index (χ0v) is 16.7. The average molecular weight is 407 g/mol. The molecule has 2 aromatic rings. The highest BCUT2D eigenvalue weighted by molar-refractivity contribution is 7.92. The number of sulfonamides is 1. The Morgan fingerprint density at radius 3 is 2.32 bits per heavy atom. The van der Waals surface area contributed by atoms with Crippen molar-refractivity contribution in [2.45, 2.75) is 19.9 Å². The minimum Gasteiger partial charge on any atom is -0.495 e. The number of aryl methyl sites for hydroxylation is 1. The first-order valence-electron chi connectivity index (χ1n) is 8.24. The Hall–Kier alpha value is -3.14. The number of non-ortho nitro benzene ring substituents is 1. The van der Waals surface area contributed by atoms with Crippen LogP contribution < -0.4 is 14.4 Å². The summed E-state index contributed by atoms with van der Waals surface area (Å²) < 4.78 is 30.7. The lowest BCUT2D eigenvalue weighted by molar-refractivity contribution is -0.384. The van der Waals surface area contributed by atoms with Crippen LogP contribution >= 0.6 is 0 Å². The maximum absolute atomic E-state index is 12.7. The van der Waals surface area contributed by atoms with Crippen molar-refractivity contribution in [2.75, 3.05) is 23.0 Å². The van der Waals surface area contributed by atoms with Gasteiger partial charge in [0, 0.05) is 12.1 Å². The van der Waals surface area contributed by atoms with Gasteiger partial charge in [0.1, 0.15) is 11.8 Å². The summed E-state index contributed by atoms with van der Waals surface area (Å²) in [6.07, 6.45) is 1.00. The van der Waals surface area contributed by atoms with Gasteiger partial charge in [0.05, 0.1) is 29.7 Å². The highest BCUT2D eigenvalue weighted by Crippen LogP contribution is 2.30. The number of nitro groups is 1. The van der Waals surface area contributed by atoms with Gasteiger partial charge in [-0.1, -0.05) is 17.7 Å². The van der Waals surface area contributed by atoms with E-state index in [9.17, 15) is 23.3 Å². The molecule has 0 fully saturated rings. The third-order valence-electron chi connectivity index (χ3n) is 4.03. The average Bonchev–Trinajstić information content (AvgIpc) is 2.62. The van der Waals surface area contributed by atoms with Crippen molar-refractivity contribution < 1.29 is 22.9 Å². The van der Waals surface area contributed by atoms with Gasteiger partial charge in [0.2, 0.25) is 15.9 Å². The number of amides is 1. The van der Waals surface area contributed by atoms with Gasteiger partial charge in [-0.05, 0) is 32.0 Å². The standard InChI is InChI=1S/C18H21N3O6S/c1-12-5-7-14(8-6-12)20(28(4,25)26)13(2)18(22)19-16-11-15(21(23)24)9-10-17(16)27-3/h5-11,13H,1-4H3,(H,19,22)/t13-/m0/s1. The molecule has 1 atom stereocenters. The predicted molar refractivity (Wildman–Crippen MR) is 106 cm³/mol. The van der Waals surface area contributed by atoms with Crippen molar-refractivity contribution in [3.8, 4) is 5.75 Å². The molecule has 10 heteroatoms. The molecule has 1 N–H and O–H groups in total. The summed E-state index contributed by atoms with van der Waals surface area (Å²) in [7, 11) is -2.42. The van der Waals surface area contributed by atoms with E-state index in [0.717, 1.165) is 22.2 Å². The van der Waals surface area contributed by atoms with E-state index in [1.807, 2.05) is 6.92 Å². The predicted octanol–water partition coefficient (Wildman–Crippen LogP) is 2.71. The van der Waals surface area contributed by atoms with Crippen LogP contribution in [-0.4, -0.2) is 38.7 Å². The van der Waals surface area contributed by atoms with Crippen LogP contribution in [0.5, 0.6) is 5.75 Å². The number of nitrogens with zero attached hydrogens (tertiary/aromatic N) is 2. The molecule has 2 aromatic carbocycles. The van der Waals surface area contributed by atoms with Gasteiger partial charge in [-0.2, -0.15) is 0 Å². The summed E-state index contributed by atoms with van der Waals surface area (Å²) in [4.78, 5) is 23.1. The van der Waals surface area contributed by atoms with Crippen LogP contribution in [0.1, 0.15) is 12.5 Å². The molecule has 0 aromatic heterocycles. The Balaban J connectivity index is 2.37. The van der Waals surface area contributed by atoms with Crippen LogP contribution in [0.25, 0.3) is 0 Å². The van der Waals surface area contributed by atoms with E-state index in [-0.39, 0.29) is 17.1 Å². The second-order valence-electron chi connectivity index (χ2n) is 6.20. The molecular weight excluding hydrogens is 386 g/mol. The lowest BCUT2D eigenvalue weighted by atomic mass is 10.2. The van der Waals surface area contributed by atoms with E-state index in [1.54, 1.807) is 24.3 Å². The van der Waals surface area contributed by atoms with Gasteiger partial charge in [-0.3, -0.25) is 19.2 Å². The fraction of sp³-hybridized carbons (Fsp3) is 0.278. The number of rotatable bonds is 7. The van der Waals surface area contributed by atoms with Crippen LogP contribution in [0.15, 0.2) is 42.5 Å². The van der Waals surface area contributed by atoms with E-state index < -0.39 is 26.9 Å². The summed E-state index contributed by atoms with van der Waals surface area (Å²) in [5.74, 6) is -0.447. The van der Waals surface area contributed by atoms with Gasteiger partial charge in [-0.15, -0.1) is 0 Å². The lowest BCUT2D eigenvalue weighted by Gasteiger charge is -2.28. The summed E-state index contributed by atoms with van der Waals surface area (Å²) in [5, 5.41) is 13.5. The quantitative estimate of drug-likeness (QED) is 0.557. The fourth-order valence-corrected chi connectivity index (χ4v) is 3.82. The van der Waals surface area contributed by atoms with Gasteiger partial charge < -0.3 is 10.1 Å². The third kappa shape index (κ3) is 4.77. The van der Waals surface area contributed by atoms with Gasteiger partial charge in [0.15, 0.2) is 0 Å². The second kappa shape index (κ2) is 8.26. The van der Waals surface area contributed by atoms with E-state index >= 15 is 0 Å². The van der Waals surface area contributed by atoms with E-state index in [0.29, 0.717) is 5.69 Å². The number of benzene rings is 2. The molecule has 9 nitrogen and oxygen atoms in total. The fourth-order valence-electron chi connectivity index (χ4n) is 2.64. The topological polar surface area (TPSA) is 119 Å². The Labute approximate surface area is 163 Å². The molecule has 0 bridgehead atoms. The first-order chi connectivity index (χ1) is 13.0. The Bertz CT molecular complexity index is 989. The number of nitrogens with one attached hydrogen (secondary N) is 1. The first-order valence-corrected chi connectivity index (χ1v) is 10.1. The number of anilines is 2. The largest absolute Gasteiger partial charge is 0.495 e. The lowest BCUT2D eigenvalue weighted by Crippen LogP contribution is -2.45. The number of methoxy groups -OCH3 is 1.